The number of aliphatic hydroxyl groups is 1. The van der Waals surface area contributed by atoms with Crippen molar-refractivity contribution in [2.75, 3.05) is 13.2 Å². The number of hydrogen-bond acceptors (Lipinski definition) is 5. The summed E-state index contributed by atoms with van der Waals surface area (Å²) in [6, 6.07) is 0. The highest BCUT2D eigenvalue weighted by atomic mass is 16.6. The minimum absolute atomic E-state index is 0.0603. The van der Waals surface area contributed by atoms with Gasteiger partial charge in [0.1, 0.15) is 6.61 Å². The molecule has 5 heteroatoms. The van der Waals surface area contributed by atoms with Crippen LogP contribution >= 0.6 is 0 Å². The first kappa shape index (κ1) is 83.3. The Balaban J connectivity index is 3.39. The lowest BCUT2D eigenvalue weighted by atomic mass is 10.0. The summed E-state index contributed by atoms with van der Waals surface area (Å²) in [6.45, 7) is 4.09. The molecular formula is C81H148O5. The van der Waals surface area contributed by atoms with Crippen molar-refractivity contribution in [2.45, 2.75) is 418 Å². The number of esters is 2. The molecule has 1 unspecified atom stereocenters. The van der Waals surface area contributed by atoms with Gasteiger partial charge in [-0.15, -0.1) is 0 Å². The second kappa shape index (κ2) is 76.6. The Morgan fingerprint density at radius 3 is 0.756 bits per heavy atom. The summed E-state index contributed by atoms with van der Waals surface area (Å²) in [5.41, 5.74) is 0. The average Bonchev–Trinajstić information content (AvgIpc) is 3.55. The molecule has 86 heavy (non-hydrogen) atoms. The molecular weight excluding hydrogens is 1050 g/mol. The van der Waals surface area contributed by atoms with Crippen molar-refractivity contribution in [3.05, 3.63) is 72.9 Å². The lowest BCUT2D eigenvalue weighted by Crippen LogP contribution is -2.28. The third-order valence-electron chi connectivity index (χ3n) is 17.5. The van der Waals surface area contributed by atoms with Gasteiger partial charge in [0.15, 0.2) is 6.10 Å². The van der Waals surface area contributed by atoms with Crippen molar-refractivity contribution in [2.24, 2.45) is 0 Å². The van der Waals surface area contributed by atoms with E-state index in [0.717, 1.165) is 70.6 Å². The van der Waals surface area contributed by atoms with Crippen molar-refractivity contribution >= 4 is 11.9 Å². The van der Waals surface area contributed by atoms with Gasteiger partial charge in [-0.1, -0.05) is 408 Å². The number of hydrogen-bond donors (Lipinski definition) is 1. The van der Waals surface area contributed by atoms with E-state index >= 15 is 0 Å². The van der Waals surface area contributed by atoms with Crippen LogP contribution < -0.4 is 0 Å². The number of carbonyl (C=O) groups is 2. The molecule has 5 nitrogen and oxygen atoms in total. The smallest absolute Gasteiger partial charge is 0.306 e. The van der Waals surface area contributed by atoms with Crippen molar-refractivity contribution in [3.8, 4) is 0 Å². The largest absolute Gasteiger partial charge is 0.462 e. The third-order valence-corrected chi connectivity index (χ3v) is 17.5. The van der Waals surface area contributed by atoms with Gasteiger partial charge in [0, 0.05) is 12.8 Å². The molecule has 1 atom stereocenters. The molecule has 0 aromatic heterocycles. The van der Waals surface area contributed by atoms with Gasteiger partial charge in [-0.3, -0.25) is 9.59 Å². The van der Waals surface area contributed by atoms with Gasteiger partial charge in [-0.2, -0.15) is 0 Å². The van der Waals surface area contributed by atoms with Crippen LogP contribution in [0.2, 0.25) is 0 Å². The number of allylic oxidation sites excluding steroid dienone is 12. The first-order chi connectivity index (χ1) is 42.6. The minimum Gasteiger partial charge on any atom is -0.462 e. The zero-order chi connectivity index (χ0) is 61.9. The lowest BCUT2D eigenvalue weighted by Gasteiger charge is -2.15. The Morgan fingerprint density at radius 2 is 0.500 bits per heavy atom. The highest BCUT2D eigenvalue weighted by Crippen LogP contribution is 2.20. The van der Waals surface area contributed by atoms with Crippen molar-refractivity contribution in [3.63, 3.8) is 0 Å². The number of carbonyl (C=O) groups excluding carboxylic acids is 2. The van der Waals surface area contributed by atoms with Gasteiger partial charge in [-0.05, 0) is 64.2 Å². The Morgan fingerprint density at radius 1 is 0.279 bits per heavy atom. The van der Waals surface area contributed by atoms with Crippen LogP contribution in [0.4, 0.5) is 0 Å². The Kier molecular flexibility index (Phi) is 74.2. The molecule has 0 aromatic rings. The first-order valence-corrected chi connectivity index (χ1v) is 38.5. The van der Waals surface area contributed by atoms with Crippen LogP contribution in [0.3, 0.4) is 0 Å². The van der Waals surface area contributed by atoms with Gasteiger partial charge in [0.05, 0.1) is 6.61 Å². The maximum absolute atomic E-state index is 12.4. The Bertz CT molecular complexity index is 1500. The van der Waals surface area contributed by atoms with E-state index in [-0.39, 0.29) is 25.2 Å². The zero-order valence-electron chi connectivity index (χ0n) is 57.8. The monoisotopic (exact) mass is 1200 g/mol. The Labute approximate surface area is 537 Å². The lowest BCUT2D eigenvalue weighted by molar-refractivity contribution is -0.161. The first-order valence-electron chi connectivity index (χ1n) is 38.5. The van der Waals surface area contributed by atoms with Crippen molar-refractivity contribution in [1.29, 1.82) is 0 Å². The zero-order valence-corrected chi connectivity index (χ0v) is 57.8. The molecule has 0 saturated carbocycles. The molecule has 0 fully saturated rings. The Hall–Kier alpha value is -2.66. The third kappa shape index (κ3) is 73.8. The molecule has 0 radical (unpaired) electrons. The number of ether oxygens (including phenoxy) is 2. The standard InChI is InChI=1S/C81H148O5/c1-3-5-7-9-11-13-15-17-19-21-23-25-27-29-31-33-35-37-38-39-40-41-42-44-46-48-50-52-54-56-58-60-62-64-66-68-70-72-74-76-81(84)86-79(77-82)78-85-80(83)75-73-71-69-67-65-63-61-59-57-55-53-51-49-47-45-43-36-34-32-30-28-26-24-22-20-18-16-14-12-10-8-6-4-2/h5,7,11,13,17,19,23,25,29,31,35,37,79,82H,3-4,6,8-10,12,14-16,18,20-22,24,26-28,30,32-34,36,38-78H2,1-2H3/b7-5-,13-11-,19-17-,25-23-,31-29-,37-35-. The van der Waals surface area contributed by atoms with Crippen molar-refractivity contribution < 1.29 is 24.2 Å². The molecule has 1 N–H and O–H groups in total. The molecule has 0 aliphatic rings. The van der Waals surface area contributed by atoms with E-state index in [4.69, 9.17) is 9.47 Å². The van der Waals surface area contributed by atoms with E-state index in [2.05, 4.69) is 86.8 Å². The van der Waals surface area contributed by atoms with Gasteiger partial charge in [-0.25, -0.2) is 0 Å². The molecule has 0 heterocycles. The molecule has 502 valence electrons. The summed E-state index contributed by atoms with van der Waals surface area (Å²) in [5, 5.41) is 9.72. The maximum Gasteiger partial charge on any atom is 0.306 e. The summed E-state index contributed by atoms with van der Waals surface area (Å²) >= 11 is 0. The van der Waals surface area contributed by atoms with E-state index in [9.17, 15) is 14.7 Å². The summed E-state index contributed by atoms with van der Waals surface area (Å²) in [4.78, 5) is 24.7. The molecule has 0 aliphatic heterocycles. The van der Waals surface area contributed by atoms with Gasteiger partial charge in [0.2, 0.25) is 0 Å². The highest BCUT2D eigenvalue weighted by molar-refractivity contribution is 5.70. The maximum atomic E-state index is 12.4. The predicted molar refractivity (Wildman–Crippen MR) is 380 cm³/mol. The summed E-state index contributed by atoms with van der Waals surface area (Å²) < 4.78 is 10.8. The molecule has 0 amide bonds. The highest BCUT2D eigenvalue weighted by Gasteiger charge is 2.16. The quantitative estimate of drug-likeness (QED) is 0.0373. The summed E-state index contributed by atoms with van der Waals surface area (Å²) in [5.74, 6) is -0.566. The molecule has 0 aromatic carbocycles. The molecule has 0 aliphatic carbocycles. The van der Waals surface area contributed by atoms with Gasteiger partial charge in [0.25, 0.3) is 0 Å². The van der Waals surface area contributed by atoms with Gasteiger partial charge >= 0.3 is 11.9 Å². The number of unbranched alkanes of at least 4 members (excludes halogenated alkanes) is 52. The van der Waals surface area contributed by atoms with Crippen LogP contribution in [0.5, 0.6) is 0 Å². The number of aliphatic hydroxyl groups excluding tert-OH is 1. The van der Waals surface area contributed by atoms with Crippen LogP contribution in [-0.2, 0) is 19.1 Å². The van der Waals surface area contributed by atoms with E-state index in [1.54, 1.807) is 0 Å². The molecule has 0 spiro atoms. The molecule has 0 rings (SSSR count). The fourth-order valence-corrected chi connectivity index (χ4v) is 11.8. The van der Waals surface area contributed by atoms with Crippen LogP contribution in [0.25, 0.3) is 0 Å². The summed E-state index contributed by atoms with van der Waals surface area (Å²) in [6.07, 6.45) is 107. The van der Waals surface area contributed by atoms with E-state index in [1.807, 2.05) is 0 Å². The second-order valence-electron chi connectivity index (χ2n) is 26.1. The normalized spacial score (nSPS) is 12.5. The fourth-order valence-electron chi connectivity index (χ4n) is 11.8. The van der Waals surface area contributed by atoms with Crippen molar-refractivity contribution in [1.82, 2.24) is 0 Å². The fraction of sp³-hybridized carbons (Fsp3) is 0.827. The molecule has 0 bridgehead atoms. The average molecular weight is 1200 g/mol. The van der Waals surface area contributed by atoms with E-state index in [1.165, 1.54) is 315 Å². The molecule has 0 saturated heterocycles. The predicted octanol–water partition coefficient (Wildman–Crippen LogP) is 27.0. The summed E-state index contributed by atoms with van der Waals surface area (Å²) in [7, 11) is 0. The van der Waals surface area contributed by atoms with Gasteiger partial charge < -0.3 is 14.6 Å². The van der Waals surface area contributed by atoms with Crippen LogP contribution in [0.1, 0.15) is 412 Å². The SMILES string of the molecule is CC/C=C\C/C=C\C/C=C\C/C=C\C/C=C\C/C=C\CCCCCCCCCCCCCCCCCCCCCCC(=O)OC(CO)COC(=O)CCCCCCCCCCCCCCCCCCCCCCCCCCCCCCCCCCC. The minimum atomic E-state index is -0.772. The second-order valence-corrected chi connectivity index (χ2v) is 26.1. The van der Waals surface area contributed by atoms with Crippen LogP contribution in [0.15, 0.2) is 72.9 Å². The topological polar surface area (TPSA) is 72.8 Å². The van der Waals surface area contributed by atoms with Crippen LogP contribution in [-0.4, -0.2) is 36.4 Å². The number of rotatable bonds is 72. The van der Waals surface area contributed by atoms with Crippen LogP contribution in [0, 0.1) is 0 Å². The van der Waals surface area contributed by atoms with E-state index < -0.39 is 6.10 Å². The van der Waals surface area contributed by atoms with E-state index in [0.29, 0.717) is 12.8 Å².